The predicted octanol–water partition coefficient (Wildman–Crippen LogP) is 4.52. The van der Waals surface area contributed by atoms with Gasteiger partial charge in [-0.3, -0.25) is 4.98 Å². The summed E-state index contributed by atoms with van der Waals surface area (Å²) in [7, 11) is 4.13. The van der Waals surface area contributed by atoms with Crippen LogP contribution in [0.5, 0.6) is 6.01 Å². The van der Waals surface area contributed by atoms with Crippen LogP contribution in [-0.2, 0) is 13.1 Å². The van der Waals surface area contributed by atoms with E-state index in [9.17, 15) is 0 Å². The van der Waals surface area contributed by atoms with Crippen molar-refractivity contribution in [3.8, 4) is 17.4 Å². The minimum atomic E-state index is 0.266. The zero-order chi connectivity index (χ0) is 24.4. The summed E-state index contributed by atoms with van der Waals surface area (Å²) in [5, 5.41) is 1.04. The van der Waals surface area contributed by atoms with Crippen LogP contribution in [-0.4, -0.2) is 50.1 Å². The lowest BCUT2D eigenvalue weighted by Crippen LogP contribution is -2.10. The van der Waals surface area contributed by atoms with Gasteiger partial charge in [0.25, 0.3) is 0 Å². The monoisotopic (exact) mass is 467 g/mol. The third kappa shape index (κ3) is 4.79. The number of nitrogens with zero attached hydrogens (tertiary/aromatic N) is 6. The lowest BCUT2D eigenvalue weighted by atomic mass is 10.1. The van der Waals surface area contributed by atoms with E-state index in [1.165, 1.54) is 5.56 Å². The van der Waals surface area contributed by atoms with Gasteiger partial charge in [0.05, 0.1) is 18.7 Å². The second-order valence-electron chi connectivity index (χ2n) is 8.90. The first-order chi connectivity index (χ1) is 17.0. The highest BCUT2D eigenvalue weighted by Gasteiger charge is 2.19. The van der Waals surface area contributed by atoms with Gasteiger partial charge in [0.15, 0.2) is 17.0 Å². The maximum Gasteiger partial charge on any atom is 0.320 e. The number of para-hydroxylation sites is 1. The lowest BCUT2D eigenvalue weighted by molar-refractivity contribution is 0.293. The van der Waals surface area contributed by atoms with Crippen molar-refractivity contribution in [1.82, 2.24) is 29.4 Å². The molecular formula is C27H29N7O. The third-order valence-corrected chi connectivity index (χ3v) is 5.75. The molecule has 3 heterocycles. The second-order valence-corrected chi connectivity index (χ2v) is 8.90. The Balaban J connectivity index is 1.63. The summed E-state index contributed by atoms with van der Waals surface area (Å²) in [6.07, 6.45) is 2.70. The topological polar surface area (TPSA) is 95.0 Å². The molecule has 0 aliphatic rings. The first-order valence-corrected chi connectivity index (χ1v) is 11.8. The molecule has 2 aromatic carbocycles. The van der Waals surface area contributed by atoms with Crippen LogP contribution in [0, 0.1) is 0 Å². The molecule has 0 aliphatic carbocycles. The Labute approximate surface area is 204 Å². The standard InChI is InChI=1S/C27H29N7O/c1-4-13-35-27-31-24(28)23-26(32-27)34(17-19-11-9-18(10-12-19)16-33(2)3)25(30-23)21-14-20-7-5-6-8-22(20)29-15-21/h5-12,14-15H,4,13,16-17H2,1-3H3,(H2,28,31,32). The van der Waals surface area contributed by atoms with Crippen LogP contribution in [0.15, 0.2) is 60.8 Å². The number of fused-ring (bicyclic) bond motifs is 2. The number of nitrogens with two attached hydrogens (primary N) is 1. The summed E-state index contributed by atoms with van der Waals surface area (Å²) in [5.41, 5.74) is 11.7. The molecule has 0 saturated carbocycles. The van der Waals surface area contributed by atoms with Crippen molar-refractivity contribution >= 4 is 27.9 Å². The van der Waals surface area contributed by atoms with Crippen molar-refractivity contribution in [1.29, 1.82) is 0 Å². The van der Waals surface area contributed by atoms with E-state index in [0.29, 0.717) is 30.1 Å². The van der Waals surface area contributed by atoms with Crippen molar-refractivity contribution in [3.63, 3.8) is 0 Å². The first-order valence-electron chi connectivity index (χ1n) is 11.8. The molecule has 0 fully saturated rings. The quantitative estimate of drug-likeness (QED) is 0.358. The highest BCUT2D eigenvalue weighted by molar-refractivity contribution is 5.88. The molecular weight excluding hydrogens is 438 g/mol. The Morgan fingerprint density at radius 1 is 0.971 bits per heavy atom. The van der Waals surface area contributed by atoms with Gasteiger partial charge < -0.3 is 19.9 Å². The minimum absolute atomic E-state index is 0.266. The number of aromatic nitrogens is 5. The molecule has 178 valence electrons. The van der Waals surface area contributed by atoms with Crippen LogP contribution in [0.4, 0.5) is 5.82 Å². The molecule has 0 atom stereocenters. The van der Waals surface area contributed by atoms with Crippen LogP contribution in [0.1, 0.15) is 24.5 Å². The summed E-state index contributed by atoms with van der Waals surface area (Å²) in [5.74, 6) is 1.04. The first kappa shape index (κ1) is 22.7. The molecule has 5 rings (SSSR count). The normalized spacial score (nSPS) is 11.5. The van der Waals surface area contributed by atoms with Gasteiger partial charge in [0, 0.05) is 23.7 Å². The molecule has 0 unspecified atom stereocenters. The van der Waals surface area contributed by atoms with Gasteiger partial charge in [-0.25, -0.2) is 4.98 Å². The Bertz CT molecular complexity index is 1470. The van der Waals surface area contributed by atoms with Gasteiger partial charge in [0.1, 0.15) is 5.82 Å². The van der Waals surface area contributed by atoms with E-state index in [2.05, 4.69) is 63.9 Å². The highest BCUT2D eigenvalue weighted by atomic mass is 16.5. The Hall–Kier alpha value is -4.04. The smallest absolute Gasteiger partial charge is 0.320 e. The fraction of sp³-hybridized carbons (Fsp3) is 0.259. The van der Waals surface area contributed by atoms with Crippen molar-refractivity contribution in [2.45, 2.75) is 26.4 Å². The molecule has 0 radical (unpaired) electrons. The van der Waals surface area contributed by atoms with Gasteiger partial charge in [-0.1, -0.05) is 49.4 Å². The summed E-state index contributed by atoms with van der Waals surface area (Å²) in [6, 6.07) is 19.0. The van der Waals surface area contributed by atoms with Crippen LogP contribution in [0.2, 0.25) is 0 Å². The Morgan fingerprint density at radius 2 is 1.74 bits per heavy atom. The predicted molar refractivity (Wildman–Crippen MR) is 139 cm³/mol. The molecule has 35 heavy (non-hydrogen) atoms. The maximum absolute atomic E-state index is 6.31. The SMILES string of the molecule is CCCOc1nc(N)c2nc(-c3cnc4ccccc4c3)n(Cc3ccc(CN(C)C)cc3)c2n1. The zero-order valence-electron chi connectivity index (χ0n) is 20.3. The Morgan fingerprint density at radius 3 is 2.51 bits per heavy atom. The third-order valence-electron chi connectivity index (χ3n) is 5.75. The molecule has 8 heteroatoms. The van der Waals surface area contributed by atoms with E-state index in [1.807, 2.05) is 37.4 Å². The number of hydrogen-bond acceptors (Lipinski definition) is 7. The van der Waals surface area contributed by atoms with Crippen LogP contribution in [0.3, 0.4) is 0 Å². The molecule has 8 nitrogen and oxygen atoms in total. The number of pyridine rings is 1. The molecule has 0 bridgehead atoms. The van der Waals surface area contributed by atoms with Gasteiger partial charge in [-0.2, -0.15) is 9.97 Å². The molecule has 0 aliphatic heterocycles. The summed E-state index contributed by atoms with van der Waals surface area (Å²) in [6.45, 7) is 4.03. The van der Waals surface area contributed by atoms with E-state index in [1.54, 1.807) is 0 Å². The molecule has 2 N–H and O–H groups in total. The van der Waals surface area contributed by atoms with Gasteiger partial charge in [0.2, 0.25) is 0 Å². The molecule has 0 saturated heterocycles. The lowest BCUT2D eigenvalue weighted by Gasteiger charge is -2.12. The minimum Gasteiger partial charge on any atom is -0.463 e. The molecule has 3 aromatic heterocycles. The van der Waals surface area contributed by atoms with Crippen molar-refractivity contribution in [2.75, 3.05) is 26.4 Å². The number of ether oxygens (including phenoxy) is 1. The van der Waals surface area contributed by atoms with Crippen LogP contribution >= 0.6 is 0 Å². The number of hydrogen-bond donors (Lipinski definition) is 1. The number of imidazole rings is 1. The average molecular weight is 468 g/mol. The Kier molecular flexibility index (Phi) is 6.29. The van der Waals surface area contributed by atoms with E-state index in [-0.39, 0.29) is 6.01 Å². The van der Waals surface area contributed by atoms with Gasteiger partial charge in [-0.05, 0) is 43.8 Å². The number of anilines is 1. The van der Waals surface area contributed by atoms with Crippen LogP contribution in [0.25, 0.3) is 33.5 Å². The van der Waals surface area contributed by atoms with E-state index in [0.717, 1.165) is 40.8 Å². The van der Waals surface area contributed by atoms with E-state index in [4.69, 9.17) is 20.4 Å². The van der Waals surface area contributed by atoms with Crippen LogP contribution < -0.4 is 10.5 Å². The van der Waals surface area contributed by atoms with E-state index >= 15 is 0 Å². The number of nitrogen functional groups attached to an aromatic ring is 1. The summed E-state index contributed by atoms with van der Waals surface area (Å²) < 4.78 is 7.78. The fourth-order valence-corrected chi connectivity index (χ4v) is 4.12. The summed E-state index contributed by atoms with van der Waals surface area (Å²) in [4.78, 5) is 20.7. The molecule has 0 amide bonds. The number of rotatable bonds is 8. The fourth-order valence-electron chi connectivity index (χ4n) is 4.12. The average Bonchev–Trinajstić information content (AvgIpc) is 3.22. The zero-order valence-corrected chi connectivity index (χ0v) is 20.3. The summed E-state index contributed by atoms with van der Waals surface area (Å²) >= 11 is 0. The highest BCUT2D eigenvalue weighted by Crippen LogP contribution is 2.30. The second kappa shape index (κ2) is 9.68. The van der Waals surface area contributed by atoms with E-state index < -0.39 is 0 Å². The van der Waals surface area contributed by atoms with Crippen molar-refractivity contribution in [2.24, 2.45) is 0 Å². The molecule has 0 spiro atoms. The number of benzene rings is 2. The molecule has 5 aromatic rings. The van der Waals surface area contributed by atoms with Gasteiger partial charge in [-0.15, -0.1) is 0 Å². The van der Waals surface area contributed by atoms with Crippen molar-refractivity contribution in [3.05, 3.63) is 71.9 Å². The maximum atomic E-state index is 6.31. The van der Waals surface area contributed by atoms with Gasteiger partial charge >= 0.3 is 6.01 Å². The van der Waals surface area contributed by atoms with Crippen molar-refractivity contribution < 1.29 is 4.74 Å². The largest absolute Gasteiger partial charge is 0.463 e.